The number of benzene rings is 1. The first-order valence-corrected chi connectivity index (χ1v) is 7.07. The van der Waals surface area contributed by atoms with E-state index in [0.29, 0.717) is 5.75 Å². The second-order valence-corrected chi connectivity index (χ2v) is 4.92. The highest BCUT2D eigenvalue weighted by Gasteiger charge is 2.05. The van der Waals surface area contributed by atoms with E-state index in [1.807, 2.05) is 36.4 Å². The lowest BCUT2D eigenvalue weighted by Gasteiger charge is -2.04. The Labute approximate surface area is 130 Å². The lowest BCUT2D eigenvalue weighted by atomic mass is 10.1. The van der Waals surface area contributed by atoms with E-state index in [-0.39, 0.29) is 7.69 Å². The van der Waals surface area contributed by atoms with Crippen LogP contribution in [-0.2, 0) is 6.54 Å². The summed E-state index contributed by atoms with van der Waals surface area (Å²) in [6, 6.07) is 15.9. The summed E-state index contributed by atoms with van der Waals surface area (Å²) in [6.07, 6.45) is 7.69. The first-order chi connectivity index (χ1) is 10.8. The van der Waals surface area contributed by atoms with E-state index in [1.165, 1.54) is 0 Å². The van der Waals surface area contributed by atoms with Crippen LogP contribution in [0.4, 0.5) is 0 Å². The fourth-order valence-corrected chi connectivity index (χ4v) is 2.32. The Balaban J connectivity index is 1.75. The second kappa shape index (κ2) is 6.87. The van der Waals surface area contributed by atoms with Crippen LogP contribution in [0.25, 0.3) is 11.1 Å². The molecule has 0 spiro atoms. The van der Waals surface area contributed by atoms with Crippen LogP contribution in [-0.4, -0.2) is 17.7 Å². The quantitative estimate of drug-likeness (QED) is 0.575. The minimum Gasteiger partial charge on any atom is -0.539 e. The monoisotopic (exact) mass is 291 g/mol. The topological polar surface area (TPSA) is 46.2 Å². The first kappa shape index (κ1) is 14.3. The van der Waals surface area contributed by atoms with E-state index < -0.39 is 0 Å². The normalized spacial score (nSPS) is 10.2. The third-order valence-corrected chi connectivity index (χ3v) is 3.40. The number of nitrogens with zero attached hydrogens (tertiary/aromatic N) is 2. The van der Waals surface area contributed by atoms with Crippen molar-refractivity contribution in [3.8, 4) is 16.9 Å². The van der Waals surface area contributed by atoms with Gasteiger partial charge >= 0.3 is 7.69 Å². The molecule has 0 aliphatic rings. The molecular weight excluding hydrogens is 275 g/mol. The fourth-order valence-electron chi connectivity index (χ4n) is 2.32. The third kappa shape index (κ3) is 3.51. The summed E-state index contributed by atoms with van der Waals surface area (Å²) >= 11 is 0. The summed E-state index contributed by atoms with van der Waals surface area (Å²) in [5, 5.41) is 8.81. The molecule has 0 unspecified atom stereocenters. The molecule has 0 fully saturated rings. The molecule has 1 N–H and O–H groups in total. The summed E-state index contributed by atoms with van der Waals surface area (Å²) in [6.45, 7) is 0.749. The number of aromatic nitrogens is 2. The fraction of sp³-hybridized carbons (Fsp3) is 0.0588. The van der Waals surface area contributed by atoms with E-state index in [2.05, 4.69) is 34.1 Å². The molecule has 2 heterocycles. The van der Waals surface area contributed by atoms with E-state index in [9.17, 15) is 0 Å². The second-order valence-electron chi connectivity index (χ2n) is 4.92. The van der Waals surface area contributed by atoms with Gasteiger partial charge in [-0.1, -0.05) is 12.1 Å². The molecule has 4 nitrogen and oxygen atoms in total. The molecule has 0 atom stereocenters. The van der Waals surface area contributed by atoms with Crippen molar-refractivity contribution < 1.29 is 14.2 Å². The predicted octanol–water partition coefficient (Wildman–Crippen LogP) is 1.72. The maximum Gasteiger partial charge on any atom is 0.504 e. The van der Waals surface area contributed by atoms with Crippen molar-refractivity contribution in [2.24, 2.45) is 0 Å². The van der Waals surface area contributed by atoms with Crippen LogP contribution >= 0.6 is 0 Å². The van der Waals surface area contributed by atoms with Crippen molar-refractivity contribution in [3.05, 3.63) is 78.9 Å². The van der Waals surface area contributed by atoms with Crippen LogP contribution in [0.2, 0.25) is 0 Å². The summed E-state index contributed by atoms with van der Waals surface area (Å²) < 4.78 is 7.20. The van der Waals surface area contributed by atoms with Gasteiger partial charge in [-0.05, 0) is 35.4 Å². The molecule has 0 bridgehead atoms. The summed E-state index contributed by atoms with van der Waals surface area (Å²) in [4.78, 5) is 4.03. The molecule has 5 heteroatoms. The zero-order valence-corrected chi connectivity index (χ0v) is 12.1. The SMILES string of the molecule is OBOc1cccc(C[n+]2ccc(-c3ccncc3)cc2)c1. The van der Waals surface area contributed by atoms with E-state index in [1.54, 1.807) is 12.4 Å². The number of pyridine rings is 2. The van der Waals surface area contributed by atoms with Gasteiger partial charge in [0, 0.05) is 30.1 Å². The molecule has 108 valence electrons. The van der Waals surface area contributed by atoms with Crippen molar-refractivity contribution in [3.63, 3.8) is 0 Å². The van der Waals surface area contributed by atoms with Crippen LogP contribution in [0.5, 0.6) is 5.75 Å². The third-order valence-electron chi connectivity index (χ3n) is 3.40. The Morgan fingerprint density at radius 2 is 1.73 bits per heavy atom. The number of hydrogen-bond donors (Lipinski definition) is 1. The molecule has 22 heavy (non-hydrogen) atoms. The highest BCUT2D eigenvalue weighted by Crippen LogP contribution is 2.16. The highest BCUT2D eigenvalue weighted by atomic mass is 16.5. The Morgan fingerprint density at radius 3 is 2.45 bits per heavy atom. The molecule has 0 aliphatic heterocycles. The lowest BCUT2D eigenvalue weighted by molar-refractivity contribution is -0.688. The molecular formula is C17H16BN2O2+. The molecule has 0 aliphatic carbocycles. The lowest BCUT2D eigenvalue weighted by Crippen LogP contribution is -2.33. The van der Waals surface area contributed by atoms with E-state index >= 15 is 0 Å². The minimum absolute atomic E-state index is 0.308. The van der Waals surface area contributed by atoms with Crippen molar-refractivity contribution in [1.29, 1.82) is 0 Å². The molecule has 1 aromatic carbocycles. The van der Waals surface area contributed by atoms with Crippen LogP contribution < -0.4 is 9.22 Å². The molecule has 0 amide bonds. The zero-order chi connectivity index (χ0) is 15.2. The molecule has 0 saturated carbocycles. The molecule has 2 aromatic heterocycles. The van der Waals surface area contributed by atoms with Crippen LogP contribution in [0.1, 0.15) is 5.56 Å². The van der Waals surface area contributed by atoms with Crippen molar-refractivity contribution in [1.82, 2.24) is 4.98 Å². The Bertz CT molecular complexity index is 733. The van der Waals surface area contributed by atoms with Gasteiger partial charge < -0.3 is 9.68 Å². The predicted molar refractivity (Wildman–Crippen MR) is 85.4 cm³/mol. The summed E-state index contributed by atoms with van der Waals surface area (Å²) in [7, 11) is -0.308. The van der Waals surface area contributed by atoms with E-state index in [0.717, 1.165) is 23.2 Å². The van der Waals surface area contributed by atoms with Gasteiger partial charge in [0.25, 0.3) is 0 Å². The van der Waals surface area contributed by atoms with Gasteiger partial charge in [0.2, 0.25) is 0 Å². The Kier molecular flexibility index (Phi) is 4.46. The largest absolute Gasteiger partial charge is 0.539 e. The van der Waals surface area contributed by atoms with Gasteiger partial charge in [-0.25, -0.2) is 4.57 Å². The van der Waals surface area contributed by atoms with E-state index in [4.69, 9.17) is 9.68 Å². The maximum atomic E-state index is 8.81. The first-order valence-electron chi connectivity index (χ1n) is 7.07. The van der Waals surface area contributed by atoms with Gasteiger partial charge in [-0.2, -0.15) is 0 Å². The maximum absolute atomic E-state index is 8.81. The van der Waals surface area contributed by atoms with Crippen LogP contribution in [0.3, 0.4) is 0 Å². The van der Waals surface area contributed by atoms with Gasteiger partial charge in [0.15, 0.2) is 18.9 Å². The average Bonchev–Trinajstić information content (AvgIpc) is 2.57. The Morgan fingerprint density at radius 1 is 1.00 bits per heavy atom. The average molecular weight is 291 g/mol. The highest BCUT2D eigenvalue weighted by molar-refractivity contribution is 6.17. The minimum atomic E-state index is -0.308. The summed E-state index contributed by atoms with van der Waals surface area (Å²) in [5.41, 5.74) is 3.43. The smallest absolute Gasteiger partial charge is 0.504 e. The van der Waals surface area contributed by atoms with Gasteiger partial charge in [-0.15, -0.1) is 0 Å². The molecule has 3 aromatic rings. The van der Waals surface area contributed by atoms with Crippen molar-refractivity contribution in [2.75, 3.05) is 0 Å². The van der Waals surface area contributed by atoms with Crippen molar-refractivity contribution in [2.45, 2.75) is 6.54 Å². The standard InChI is InChI=1S/C17H16BN2O2/c21-18-22-17-3-1-2-14(12-17)13-20-10-6-16(7-11-20)15-4-8-19-9-5-15/h1-12,18,21H,13H2/q+1. The molecule has 0 saturated heterocycles. The molecule has 0 radical (unpaired) electrons. The zero-order valence-electron chi connectivity index (χ0n) is 12.1. The van der Waals surface area contributed by atoms with Crippen LogP contribution in [0.15, 0.2) is 73.3 Å². The number of hydrogen-bond acceptors (Lipinski definition) is 3. The summed E-state index contributed by atoms with van der Waals surface area (Å²) in [5.74, 6) is 0.675. The van der Waals surface area contributed by atoms with Gasteiger partial charge in [0.05, 0.1) is 0 Å². The molecule has 3 rings (SSSR count). The van der Waals surface area contributed by atoms with Gasteiger partial charge in [0.1, 0.15) is 5.75 Å². The Hall–Kier alpha value is -2.66. The van der Waals surface area contributed by atoms with Crippen molar-refractivity contribution >= 4 is 7.69 Å². The van der Waals surface area contributed by atoms with Crippen LogP contribution in [0, 0.1) is 0 Å². The number of rotatable bonds is 5. The van der Waals surface area contributed by atoms with Gasteiger partial charge in [-0.3, -0.25) is 4.98 Å².